The van der Waals surface area contributed by atoms with Gasteiger partial charge >= 0.3 is 0 Å². The molecule has 1 aromatic carbocycles. The van der Waals surface area contributed by atoms with Crippen molar-refractivity contribution in [3.8, 4) is 5.75 Å². The number of hydrogen-bond donors (Lipinski definition) is 1. The van der Waals surface area contributed by atoms with Crippen molar-refractivity contribution in [2.45, 2.75) is 18.4 Å². The number of carbonyl (C=O) groups is 1. The number of pyridine rings is 1. The lowest BCUT2D eigenvalue weighted by atomic mass is 9.81. The highest BCUT2D eigenvalue weighted by Crippen LogP contribution is 2.41. The van der Waals surface area contributed by atoms with E-state index in [0.29, 0.717) is 30.1 Å². The van der Waals surface area contributed by atoms with Gasteiger partial charge < -0.3 is 19.5 Å². The lowest BCUT2D eigenvalue weighted by Crippen LogP contribution is -2.48. The number of aromatic amines is 1. The third-order valence-electron chi connectivity index (χ3n) is 6.02. The first-order valence-corrected chi connectivity index (χ1v) is 9.39. The van der Waals surface area contributed by atoms with E-state index in [0.717, 1.165) is 25.3 Å². The van der Waals surface area contributed by atoms with E-state index in [2.05, 4.69) is 29.1 Å². The molecular formula is C21H25N3O3. The third kappa shape index (κ3) is 3.37. The molecule has 0 bridgehead atoms. The number of carbonyl (C=O) groups excluding carboxylic acids is 1. The molecule has 3 atom stereocenters. The van der Waals surface area contributed by atoms with Gasteiger partial charge in [0.2, 0.25) is 5.56 Å². The van der Waals surface area contributed by atoms with Gasteiger partial charge in [-0.05, 0) is 37.2 Å². The summed E-state index contributed by atoms with van der Waals surface area (Å²) in [5.41, 5.74) is 1.42. The number of aromatic nitrogens is 1. The molecule has 2 saturated heterocycles. The van der Waals surface area contributed by atoms with Crippen molar-refractivity contribution in [1.82, 2.24) is 14.8 Å². The third-order valence-corrected chi connectivity index (χ3v) is 6.02. The first-order valence-electron chi connectivity index (χ1n) is 9.39. The van der Waals surface area contributed by atoms with Gasteiger partial charge in [0, 0.05) is 43.6 Å². The largest absolute Gasteiger partial charge is 0.497 e. The number of rotatable bonds is 3. The van der Waals surface area contributed by atoms with Crippen molar-refractivity contribution < 1.29 is 9.53 Å². The highest BCUT2D eigenvalue weighted by molar-refractivity contribution is 5.92. The van der Waals surface area contributed by atoms with Gasteiger partial charge in [-0.15, -0.1) is 0 Å². The van der Waals surface area contributed by atoms with Crippen molar-refractivity contribution in [3.05, 3.63) is 64.1 Å². The number of methoxy groups -OCH3 is 1. The number of ether oxygens (including phenoxy) is 1. The standard InChI is InChI=1S/C21H25N3O3/c1-23-12-16(14-6-8-15(27-2)9-7-14)17-13-24(11-10-19(17)23)21(26)18-4-3-5-20(25)22-18/h3-9,16-17,19H,10-13H2,1-2H3,(H,22,25)/t16-,17-,19-/m1/s1. The van der Waals surface area contributed by atoms with Gasteiger partial charge in [-0.25, -0.2) is 0 Å². The average Bonchev–Trinajstić information content (AvgIpc) is 3.03. The van der Waals surface area contributed by atoms with Crippen LogP contribution in [-0.4, -0.2) is 60.5 Å². The summed E-state index contributed by atoms with van der Waals surface area (Å²) in [6, 6.07) is 13.5. The zero-order valence-corrected chi connectivity index (χ0v) is 15.7. The van der Waals surface area contributed by atoms with Crippen LogP contribution in [0.3, 0.4) is 0 Å². The number of likely N-dealkylation sites (N-methyl/N-ethyl adjacent to an activating group) is 1. The number of fused-ring (bicyclic) bond motifs is 1. The van der Waals surface area contributed by atoms with Crippen molar-refractivity contribution >= 4 is 5.91 Å². The Labute approximate surface area is 158 Å². The Morgan fingerprint density at radius 3 is 2.63 bits per heavy atom. The lowest BCUT2D eigenvalue weighted by Gasteiger charge is -2.38. The van der Waals surface area contributed by atoms with E-state index in [-0.39, 0.29) is 11.5 Å². The Hall–Kier alpha value is -2.60. The highest BCUT2D eigenvalue weighted by atomic mass is 16.5. The Kier molecular flexibility index (Phi) is 4.74. The number of H-pyrrole nitrogens is 1. The van der Waals surface area contributed by atoms with Gasteiger partial charge in [-0.1, -0.05) is 18.2 Å². The maximum absolute atomic E-state index is 12.9. The van der Waals surface area contributed by atoms with E-state index in [1.54, 1.807) is 19.2 Å². The summed E-state index contributed by atoms with van der Waals surface area (Å²) in [6.07, 6.45) is 0.955. The first kappa shape index (κ1) is 17.8. The molecule has 6 heteroatoms. The molecule has 0 saturated carbocycles. The molecule has 4 rings (SSSR count). The predicted octanol–water partition coefficient (Wildman–Crippen LogP) is 1.94. The van der Waals surface area contributed by atoms with Crippen LogP contribution in [0.25, 0.3) is 0 Å². The molecule has 142 valence electrons. The predicted molar refractivity (Wildman–Crippen MR) is 103 cm³/mol. The molecule has 27 heavy (non-hydrogen) atoms. The minimum Gasteiger partial charge on any atom is -0.497 e. The maximum Gasteiger partial charge on any atom is 0.270 e. The van der Waals surface area contributed by atoms with Crippen LogP contribution < -0.4 is 10.3 Å². The molecule has 2 aliphatic heterocycles. The number of hydrogen-bond acceptors (Lipinski definition) is 4. The molecule has 2 aromatic rings. The minimum atomic E-state index is -0.243. The number of amides is 1. The second kappa shape index (κ2) is 7.19. The van der Waals surface area contributed by atoms with Crippen molar-refractivity contribution in [2.24, 2.45) is 5.92 Å². The van der Waals surface area contributed by atoms with E-state index >= 15 is 0 Å². The molecule has 2 aliphatic rings. The van der Waals surface area contributed by atoms with Crippen LogP contribution in [-0.2, 0) is 0 Å². The Morgan fingerprint density at radius 1 is 1.15 bits per heavy atom. The van der Waals surface area contributed by atoms with Crippen LogP contribution in [0.1, 0.15) is 28.4 Å². The molecule has 1 amide bonds. The molecule has 0 radical (unpaired) electrons. The van der Waals surface area contributed by atoms with Crippen molar-refractivity contribution in [3.63, 3.8) is 0 Å². The molecule has 0 spiro atoms. The topological polar surface area (TPSA) is 65.6 Å². The number of likely N-dealkylation sites (tertiary alicyclic amines) is 2. The molecular weight excluding hydrogens is 342 g/mol. The van der Waals surface area contributed by atoms with Crippen LogP contribution in [0.4, 0.5) is 0 Å². The van der Waals surface area contributed by atoms with Crippen LogP contribution in [0.15, 0.2) is 47.3 Å². The van der Waals surface area contributed by atoms with Gasteiger partial charge in [-0.2, -0.15) is 0 Å². The van der Waals surface area contributed by atoms with Crippen LogP contribution in [0.5, 0.6) is 5.75 Å². The minimum absolute atomic E-state index is 0.0887. The first-order chi connectivity index (χ1) is 13.1. The number of benzene rings is 1. The summed E-state index contributed by atoms with van der Waals surface area (Å²) < 4.78 is 5.27. The summed E-state index contributed by atoms with van der Waals surface area (Å²) in [4.78, 5) is 31.4. The van der Waals surface area contributed by atoms with Gasteiger partial charge in [0.15, 0.2) is 0 Å². The molecule has 1 N–H and O–H groups in total. The normalized spacial score (nSPS) is 25.3. The van der Waals surface area contributed by atoms with Crippen molar-refractivity contribution in [1.29, 1.82) is 0 Å². The SMILES string of the molecule is COc1ccc([C@H]2CN(C)[C@@H]3CCN(C(=O)c4cccc(=O)[nH]4)C[C@H]23)cc1. The number of nitrogens with zero attached hydrogens (tertiary/aromatic N) is 2. The second-order valence-electron chi connectivity index (χ2n) is 7.52. The Bertz CT molecular complexity index is 877. The summed E-state index contributed by atoms with van der Waals surface area (Å²) in [7, 11) is 3.85. The monoisotopic (exact) mass is 367 g/mol. The van der Waals surface area contributed by atoms with Crippen LogP contribution in [0, 0.1) is 5.92 Å². The van der Waals surface area contributed by atoms with E-state index in [1.165, 1.54) is 11.6 Å². The van der Waals surface area contributed by atoms with Crippen molar-refractivity contribution in [2.75, 3.05) is 33.8 Å². The zero-order valence-electron chi connectivity index (χ0n) is 15.7. The summed E-state index contributed by atoms with van der Waals surface area (Å²) in [5, 5.41) is 0. The highest BCUT2D eigenvalue weighted by Gasteiger charge is 2.44. The average molecular weight is 367 g/mol. The van der Waals surface area contributed by atoms with E-state index in [4.69, 9.17) is 4.74 Å². The zero-order chi connectivity index (χ0) is 19.0. The van der Waals surface area contributed by atoms with Crippen LogP contribution >= 0.6 is 0 Å². The molecule has 1 aromatic heterocycles. The Morgan fingerprint density at radius 2 is 1.93 bits per heavy atom. The number of piperidine rings is 1. The summed E-state index contributed by atoms with van der Waals surface area (Å²) >= 11 is 0. The fourth-order valence-corrected chi connectivity index (χ4v) is 4.62. The van der Waals surface area contributed by atoms with Gasteiger partial charge in [0.25, 0.3) is 5.91 Å². The fourth-order valence-electron chi connectivity index (χ4n) is 4.62. The fraction of sp³-hybridized carbons (Fsp3) is 0.429. The Balaban J connectivity index is 1.56. The van der Waals surface area contributed by atoms with E-state index < -0.39 is 0 Å². The molecule has 6 nitrogen and oxygen atoms in total. The summed E-state index contributed by atoms with van der Waals surface area (Å²) in [6.45, 7) is 2.42. The van der Waals surface area contributed by atoms with E-state index in [1.807, 2.05) is 17.0 Å². The maximum atomic E-state index is 12.9. The molecule has 3 heterocycles. The van der Waals surface area contributed by atoms with Crippen LogP contribution in [0.2, 0.25) is 0 Å². The van der Waals surface area contributed by atoms with Gasteiger partial charge in [-0.3, -0.25) is 9.59 Å². The molecule has 2 fully saturated rings. The quantitative estimate of drug-likeness (QED) is 0.900. The summed E-state index contributed by atoms with van der Waals surface area (Å²) in [5.74, 6) is 1.54. The van der Waals surface area contributed by atoms with E-state index in [9.17, 15) is 9.59 Å². The molecule has 0 aliphatic carbocycles. The molecule has 0 unspecified atom stereocenters. The van der Waals surface area contributed by atoms with Gasteiger partial charge in [0.1, 0.15) is 11.4 Å². The van der Waals surface area contributed by atoms with Gasteiger partial charge in [0.05, 0.1) is 7.11 Å². The number of nitrogens with one attached hydrogen (secondary N) is 1. The lowest BCUT2D eigenvalue weighted by molar-refractivity contribution is 0.0601. The smallest absolute Gasteiger partial charge is 0.270 e. The second-order valence-corrected chi connectivity index (χ2v) is 7.52.